The first-order valence-corrected chi connectivity index (χ1v) is 7.77. The van der Waals surface area contributed by atoms with E-state index in [-0.39, 0.29) is 0 Å². The van der Waals surface area contributed by atoms with Crippen molar-refractivity contribution in [3.8, 4) is 0 Å². The lowest BCUT2D eigenvalue weighted by Crippen LogP contribution is -2.18. The van der Waals surface area contributed by atoms with Crippen molar-refractivity contribution in [3.05, 3.63) is 59.2 Å². The maximum atomic E-state index is 3.73. The van der Waals surface area contributed by atoms with Gasteiger partial charge in [0.25, 0.3) is 0 Å². The molecule has 0 bridgehead atoms. The molecule has 3 rings (SSSR count). The Kier molecular flexibility index (Phi) is 3.87. The molecule has 0 aromatic heterocycles. The van der Waals surface area contributed by atoms with Gasteiger partial charge < -0.3 is 10.2 Å². The number of rotatable bonds is 3. The molecule has 0 aliphatic heterocycles. The lowest BCUT2D eigenvalue weighted by atomic mass is 9.87. The summed E-state index contributed by atoms with van der Waals surface area (Å²) in [6, 6.07) is 15.9. The first-order chi connectivity index (χ1) is 10.1. The van der Waals surface area contributed by atoms with Crippen LogP contribution in [-0.2, 0) is 6.42 Å². The van der Waals surface area contributed by atoms with E-state index in [0.29, 0.717) is 6.04 Å². The van der Waals surface area contributed by atoms with Gasteiger partial charge in [0.15, 0.2) is 0 Å². The van der Waals surface area contributed by atoms with Gasteiger partial charge in [-0.25, -0.2) is 0 Å². The Morgan fingerprint density at radius 1 is 1.10 bits per heavy atom. The van der Waals surface area contributed by atoms with Gasteiger partial charge >= 0.3 is 0 Å². The van der Waals surface area contributed by atoms with Gasteiger partial charge in [-0.15, -0.1) is 0 Å². The van der Waals surface area contributed by atoms with Crippen molar-refractivity contribution >= 4 is 11.4 Å². The van der Waals surface area contributed by atoms with Crippen LogP contribution in [0.4, 0.5) is 11.4 Å². The highest BCUT2D eigenvalue weighted by molar-refractivity contribution is 5.62. The molecule has 2 nitrogen and oxygen atoms in total. The molecule has 0 fully saturated rings. The predicted octanol–water partition coefficient (Wildman–Crippen LogP) is 4.55. The quantitative estimate of drug-likeness (QED) is 0.887. The Hall–Kier alpha value is -1.96. The maximum Gasteiger partial charge on any atom is 0.0516 e. The summed E-state index contributed by atoms with van der Waals surface area (Å²) in [4.78, 5) is 2.18. The molecule has 1 atom stereocenters. The minimum Gasteiger partial charge on any atom is -0.378 e. The van der Waals surface area contributed by atoms with Crippen molar-refractivity contribution in [2.24, 2.45) is 0 Å². The molecule has 1 aliphatic carbocycles. The van der Waals surface area contributed by atoms with Crippen LogP contribution in [0.5, 0.6) is 0 Å². The summed E-state index contributed by atoms with van der Waals surface area (Å²) >= 11 is 0. The van der Waals surface area contributed by atoms with Crippen LogP contribution in [-0.4, -0.2) is 14.1 Å². The highest BCUT2D eigenvalue weighted by Gasteiger charge is 2.19. The van der Waals surface area contributed by atoms with E-state index in [0.717, 1.165) is 0 Å². The number of aryl methyl sites for hydroxylation is 2. The number of anilines is 2. The zero-order chi connectivity index (χ0) is 14.8. The number of hydrogen-bond donors (Lipinski definition) is 1. The fourth-order valence-corrected chi connectivity index (χ4v) is 3.29. The van der Waals surface area contributed by atoms with E-state index >= 15 is 0 Å². The summed E-state index contributed by atoms with van der Waals surface area (Å²) in [6.45, 7) is 2.16. The van der Waals surface area contributed by atoms with Crippen LogP contribution in [0, 0.1) is 6.92 Å². The molecule has 1 unspecified atom stereocenters. The van der Waals surface area contributed by atoms with Crippen molar-refractivity contribution < 1.29 is 0 Å². The van der Waals surface area contributed by atoms with E-state index in [4.69, 9.17) is 0 Å². The number of fused-ring (bicyclic) bond motifs is 1. The second kappa shape index (κ2) is 5.80. The summed E-state index contributed by atoms with van der Waals surface area (Å²) in [7, 11) is 4.20. The van der Waals surface area contributed by atoms with Gasteiger partial charge in [-0.1, -0.05) is 30.3 Å². The van der Waals surface area contributed by atoms with Gasteiger partial charge in [0.2, 0.25) is 0 Å². The van der Waals surface area contributed by atoms with Crippen molar-refractivity contribution in [1.29, 1.82) is 0 Å². The Morgan fingerprint density at radius 3 is 2.71 bits per heavy atom. The molecule has 110 valence electrons. The van der Waals surface area contributed by atoms with Gasteiger partial charge in [-0.05, 0) is 55.0 Å². The molecular weight excluding hydrogens is 256 g/mol. The lowest BCUT2D eigenvalue weighted by Gasteiger charge is -2.28. The van der Waals surface area contributed by atoms with Crippen LogP contribution in [0.3, 0.4) is 0 Å². The van der Waals surface area contributed by atoms with Crippen LogP contribution < -0.4 is 10.2 Å². The second-order valence-corrected chi connectivity index (χ2v) is 6.18. The van der Waals surface area contributed by atoms with Crippen LogP contribution >= 0.6 is 0 Å². The summed E-state index contributed by atoms with van der Waals surface area (Å²) in [5.74, 6) is 0. The number of nitrogens with zero attached hydrogens (tertiary/aromatic N) is 1. The molecule has 0 saturated heterocycles. The molecular formula is C19H24N2. The average molecular weight is 280 g/mol. The van der Waals surface area contributed by atoms with Gasteiger partial charge in [0.05, 0.1) is 6.04 Å². The molecule has 0 radical (unpaired) electrons. The zero-order valence-corrected chi connectivity index (χ0v) is 13.2. The molecule has 2 aromatic rings. The molecule has 0 spiro atoms. The summed E-state index contributed by atoms with van der Waals surface area (Å²) in [6.07, 6.45) is 3.69. The standard InChI is InChI=1S/C19H24N2/c1-14-11-12-16(13-19(14)21(2)3)20-18-10-6-8-15-7-4-5-9-17(15)18/h4-5,7,9,11-13,18,20H,6,8,10H2,1-3H3. The van der Waals surface area contributed by atoms with Crippen LogP contribution in [0.15, 0.2) is 42.5 Å². The average Bonchev–Trinajstić information content (AvgIpc) is 2.49. The van der Waals surface area contributed by atoms with E-state index < -0.39 is 0 Å². The maximum absolute atomic E-state index is 3.73. The van der Waals surface area contributed by atoms with E-state index in [2.05, 4.69) is 73.7 Å². The van der Waals surface area contributed by atoms with Gasteiger partial charge in [0.1, 0.15) is 0 Å². The van der Waals surface area contributed by atoms with E-state index in [1.165, 1.54) is 47.3 Å². The SMILES string of the molecule is Cc1ccc(NC2CCCc3ccccc32)cc1N(C)C. The predicted molar refractivity (Wildman–Crippen MR) is 91.2 cm³/mol. The first-order valence-electron chi connectivity index (χ1n) is 7.77. The first kappa shape index (κ1) is 14.0. The number of hydrogen-bond acceptors (Lipinski definition) is 2. The lowest BCUT2D eigenvalue weighted by molar-refractivity contribution is 0.600. The Balaban J connectivity index is 1.86. The zero-order valence-electron chi connectivity index (χ0n) is 13.2. The minimum absolute atomic E-state index is 0.438. The largest absolute Gasteiger partial charge is 0.378 e. The summed E-state index contributed by atoms with van der Waals surface area (Å²) in [5, 5.41) is 3.73. The molecule has 0 amide bonds. The Bertz CT molecular complexity index is 631. The Labute approximate surface area is 127 Å². The van der Waals surface area contributed by atoms with E-state index in [9.17, 15) is 0 Å². The van der Waals surface area contributed by atoms with Crippen molar-refractivity contribution in [2.45, 2.75) is 32.2 Å². The van der Waals surface area contributed by atoms with Crippen LogP contribution in [0.25, 0.3) is 0 Å². The topological polar surface area (TPSA) is 15.3 Å². The van der Waals surface area contributed by atoms with E-state index in [1.54, 1.807) is 0 Å². The third-order valence-corrected chi connectivity index (χ3v) is 4.40. The minimum atomic E-state index is 0.438. The highest BCUT2D eigenvalue weighted by Crippen LogP contribution is 2.33. The van der Waals surface area contributed by atoms with Crippen molar-refractivity contribution in [2.75, 3.05) is 24.3 Å². The highest BCUT2D eigenvalue weighted by atomic mass is 15.1. The van der Waals surface area contributed by atoms with Crippen molar-refractivity contribution in [3.63, 3.8) is 0 Å². The van der Waals surface area contributed by atoms with E-state index in [1.807, 2.05) is 0 Å². The molecule has 1 N–H and O–H groups in total. The Morgan fingerprint density at radius 2 is 1.90 bits per heavy atom. The fraction of sp³-hybridized carbons (Fsp3) is 0.368. The van der Waals surface area contributed by atoms with Crippen molar-refractivity contribution in [1.82, 2.24) is 0 Å². The molecule has 0 saturated carbocycles. The number of benzene rings is 2. The third-order valence-electron chi connectivity index (χ3n) is 4.40. The second-order valence-electron chi connectivity index (χ2n) is 6.18. The molecule has 2 heteroatoms. The summed E-state index contributed by atoms with van der Waals surface area (Å²) in [5.41, 5.74) is 6.78. The molecule has 2 aromatic carbocycles. The normalized spacial score (nSPS) is 17.2. The molecule has 21 heavy (non-hydrogen) atoms. The third kappa shape index (κ3) is 2.90. The van der Waals surface area contributed by atoms with Crippen LogP contribution in [0.1, 0.15) is 35.6 Å². The molecule has 1 aliphatic rings. The van der Waals surface area contributed by atoms with Gasteiger partial charge in [-0.2, -0.15) is 0 Å². The smallest absolute Gasteiger partial charge is 0.0516 e. The monoisotopic (exact) mass is 280 g/mol. The number of nitrogens with one attached hydrogen (secondary N) is 1. The van der Waals surface area contributed by atoms with Gasteiger partial charge in [0, 0.05) is 25.5 Å². The summed E-state index contributed by atoms with van der Waals surface area (Å²) < 4.78 is 0. The fourth-order valence-electron chi connectivity index (χ4n) is 3.29. The molecule has 0 heterocycles. The van der Waals surface area contributed by atoms with Gasteiger partial charge in [-0.3, -0.25) is 0 Å². The van der Waals surface area contributed by atoms with Crippen LogP contribution in [0.2, 0.25) is 0 Å².